The van der Waals surface area contributed by atoms with Crippen LogP contribution in [-0.2, 0) is 37.5 Å². The highest BCUT2D eigenvalue weighted by atomic mass is 32.1. The van der Waals surface area contributed by atoms with E-state index in [1.54, 1.807) is 6.20 Å². The van der Waals surface area contributed by atoms with Gasteiger partial charge in [-0.15, -0.1) is 16.4 Å². The van der Waals surface area contributed by atoms with Crippen LogP contribution in [0.4, 0.5) is 5.82 Å². The van der Waals surface area contributed by atoms with Crippen LogP contribution in [0.2, 0.25) is 0 Å². The number of cyclic esters (lactones) is 1. The van der Waals surface area contributed by atoms with Gasteiger partial charge in [0.15, 0.2) is 5.82 Å². The SMILES string of the molecule is C[C@H]1C[C@@H]1C(=O)N[C@H]1Cc2nc(cs2)-c2ccc3c(C(C)(C)C#N)c(-c4cnnc(N5CCN(C)CC5)c4)n(c3c2)CC(C)(C)COC(=O)[C@@H]2CCCN(N2)C1=O. The molecule has 57 heavy (non-hydrogen) atoms. The molecule has 6 bridgehead atoms. The van der Waals surface area contributed by atoms with E-state index in [1.165, 1.54) is 16.3 Å². The number of esters is 1. The standard InChI is InChI=1S/C42H52N10O4S/c1-25-16-29(25)38(53)46-31-19-35-45-32(21-57-35)26-9-10-28-33(17-26)51(23-41(2,3)24-56-40(55)30-8-7-11-52(48-30)39(31)54)37(36(28)42(4,5)22-43)27-18-34(47-44-20-27)50-14-12-49(6)13-15-50/h9-10,17-18,20-21,25,29-31,48H,7-8,11-16,19,23-24H2,1-6H3,(H,46,53)/t25-,29-,30-,31-/m0/s1. The van der Waals surface area contributed by atoms with Crippen LogP contribution in [-0.4, -0.2) is 106 Å². The smallest absolute Gasteiger partial charge is 0.324 e. The Morgan fingerprint density at radius 1 is 1.12 bits per heavy atom. The van der Waals surface area contributed by atoms with Gasteiger partial charge in [-0.1, -0.05) is 32.9 Å². The number of thiazole rings is 1. The number of anilines is 1. The van der Waals surface area contributed by atoms with Crippen molar-refractivity contribution in [2.24, 2.45) is 17.3 Å². The third-order valence-electron chi connectivity index (χ3n) is 11.9. The van der Waals surface area contributed by atoms with Gasteiger partial charge in [-0.05, 0) is 58.2 Å². The van der Waals surface area contributed by atoms with Crippen molar-refractivity contribution in [2.75, 3.05) is 51.3 Å². The summed E-state index contributed by atoms with van der Waals surface area (Å²) < 4.78 is 8.33. The summed E-state index contributed by atoms with van der Waals surface area (Å²) in [5.74, 6) is 0.103. The number of hydrogen-bond acceptors (Lipinski definition) is 12. The fourth-order valence-electron chi connectivity index (χ4n) is 8.36. The van der Waals surface area contributed by atoms with Gasteiger partial charge in [0.25, 0.3) is 5.91 Å². The van der Waals surface area contributed by atoms with Gasteiger partial charge in [0, 0.05) is 90.0 Å². The summed E-state index contributed by atoms with van der Waals surface area (Å²) in [6, 6.07) is 9.33. The number of aromatic nitrogens is 4. The first kappa shape index (κ1) is 38.9. The first-order valence-electron chi connectivity index (χ1n) is 20.1. The lowest BCUT2D eigenvalue weighted by Gasteiger charge is -2.35. The van der Waals surface area contributed by atoms with Crippen LogP contribution >= 0.6 is 11.3 Å². The van der Waals surface area contributed by atoms with E-state index in [4.69, 9.17) is 9.72 Å². The molecule has 300 valence electrons. The summed E-state index contributed by atoms with van der Waals surface area (Å²) in [7, 11) is 2.12. The molecule has 1 aliphatic carbocycles. The Hall–Kier alpha value is -4.91. The average Bonchev–Trinajstić information content (AvgIpc) is 3.61. The molecule has 3 fully saturated rings. The summed E-state index contributed by atoms with van der Waals surface area (Å²) in [6.07, 6.45) is 3.92. The van der Waals surface area contributed by atoms with Crippen molar-refractivity contribution in [1.29, 1.82) is 5.26 Å². The first-order chi connectivity index (χ1) is 27.2. The van der Waals surface area contributed by atoms with Crippen molar-refractivity contribution in [1.82, 2.24) is 40.4 Å². The predicted molar refractivity (Wildman–Crippen MR) is 218 cm³/mol. The van der Waals surface area contributed by atoms with Crippen molar-refractivity contribution in [3.05, 3.63) is 46.4 Å². The number of likely N-dealkylation sites (N-methyl/N-ethyl adjacent to an activating group) is 1. The van der Waals surface area contributed by atoms with E-state index in [0.717, 1.165) is 77.4 Å². The van der Waals surface area contributed by atoms with Crippen LogP contribution in [0, 0.1) is 28.6 Å². The van der Waals surface area contributed by atoms with Crippen LogP contribution in [0.15, 0.2) is 35.8 Å². The van der Waals surface area contributed by atoms with Crippen LogP contribution in [0.1, 0.15) is 64.5 Å². The quantitative estimate of drug-likeness (QED) is 0.273. The van der Waals surface area contributed by atoms with E-state index in [0.29, 0.717) is 30.9 Å². The largest absolute Gasteiger partial charge is 0.464 e. The molecule has 15 heteroatoms. The number of carbonyl (C=O) groups is 3. The molecule has 14 nitrogen and oxygen atoms in total. The molecule has 3 aromatic heterocycles. The monoisotopic (exact) mass is 792 g/mol. The van der Waals surface area contributed by atoms with Crippen LogP contribution in [0.5, 0.6) is 0 Å². The lowest BCUT2D eigenvalue weighted by atomic mass is 9.82. The van der Waals surface area contributed by atoms with Gasteiger partial charge >= 0.3 is 5.97 Å². The van der Waals surface area contributed by atoms with Crippen LogP contribution in [0.3, 0.4) is 0 Å². The van der Waals surface area contributed by atoms with E-state index in [2.05, 4.69) is 80.5 Å². The number of amides is 2. The van der Waals surface area contributed by atoms with Crippen molar-refractivity contribution < 1.29 is 19.1 Å². The molecule has 6 heterocycles. The minimum Gasteiger partial charge on any atom is -0.464 e. The lowest BCUT2D eigenvalue weighted by molar-refractivity contribution is -0.155. The van der Waals surface area contributed by atoms with Gasteiger partial charge in [-0.3, -0.25) is 19.4 Å². The Labute approximate surface area is 337 Å². The number of fused-ring (bicyclic) bond motifs is 6. The molecule has 8 rings (SSSR count). The molecule has 4 atom stereocenters. The Morgan fingerprint density at radius 2 is 1.89 bits per heavy atom. The highest BCUT2D eigenvalue weighted by Gasteiger charge is 2.42. The lowest BCUT2D eigenvalue weighted by Crippen LogP contribution is -2.60. The van der Waals surface area contributed by atoms with Gasteiger partial charge in [-0.25, -0.2) is 10.4 Å². The van der Waals surface area contributed by atoms with E-state index < -0.39 is 28.9 Å². The molecule has 2 saturated heterocycles. The van der Waals surface area contributed by atoms with E-state index in [-0.39, 0.29) is 36.7 Å². The van der Waals surface area contributed by atoms with E-state index in [9.17, 15) is 19.6 Å². The zero-order chi connectivity index (χ0) is 40.2. The van der Waals surface area contributed by atoms with E-state index >= 15 is 0 Å². The maximum absolute atomic E-state index is 14.1. The Kier molecular flexibility index (Phi) is 10.3. The summed E-state index contributed by atoms with van der Waals surface area (Å²) in [5, 5.41) is 27.9. The number of nitriles is 1. The molecule has 0 spiro atoms. The van der Waals surface area contributed by atoms with Gasteiger partial charge < -0.3 is 24.4 Å². The van der Waals surface area contributed by atoms with Gasteiger partial charge in [0.05, 0.1) is 40.7 Å². The molecule has 4 aromatic rings. The molecular formula is C42H52N10O4S. The van der Waals surface area contributed by atoms with Crippen molar-refractivity contribution in [3.63, 3.8) is 0 Å². The molecule has 0 unspecified atom stereocenters. The second-order valence-electron chi connectivity index (χ2n) is 17.7. The van der Waals surface area contributed by atoms with E-state index in [1.807, 2.05) is 32.2 Å². The third-order valence-corrected chi connectivity index (χ3v) is 12.8. The van der Waals surface area contributed by atoms with Gasteiger partial charge in [0.1, 0.15) is 12.1 Å². The zero-order valence-corrected chi connectivity index (χ0v) is 34.5. The van der Waals surface area contributed by atoms with Crippen molar-refractivity contribution in [2.45, 2.75) is 84.3 Å². The normalized spacial score (nSPS) is 24.4. The minimum absolute atomic E-state index is 0.108. The first-order valence-corrected chi connectivity index (χ1v) is 20.9. The number of benzene rings is 1. The maximum atomic E-state index is 14.1. The molecule has 2 N–H and O–H groups in total. The molecule has 1 saturated carbocycles. The highest BCUT2D eigenvalue weighted by molar-refractivity contribution is 7.10. The van der Waals surface area contributed by atoms with Gasteiger partial charge in [-0.2, -0.15) is 10.4 Å². The molecule has 0 radical (unpaired) electrons. The van der Waals surface area contributed by atoms with Crippen LogP contribution in [0.25, 0.3) is 33.4 Å². The molecule has 1 aromatic carbocycles. The number of carbonyl (C=O) groups excluding carboxylic acids is 3. The topological polar surface area (TPSA) is 162 Å². The fourth-order valence-corrected chi connectivity index (χ4v) is 9.21. The number of piperazine rings is 1. The molecular weight excluding hydrogens is 741 g/mol. The number of hydrazine groups is 1. The fraction of sp³-hybridized carbons (Fsp3) is 0.548. The molecule has 2 amide bonds. The third kappa shape index (κ3) is 7.87. The number of rotatable bonds is 5. The second kappa shape index (κ2) is 15.1. The Morgan fingerprint density at radius 3 is 2.63 bits per heavy atom. The Balaban J connectivity index is 1.26. The minimum atomic E-state index is -0.889. The number of nitrogens with one attached hydrogen (secondary N) is 2. The zero-order valence-electron chi connectivity index (χ0n) is 33.7. The summed E-state index contributed by atoms with van der Waals surface area (Å²) in [6.45, 7) is 14.6. The number of nitrogens with zero attached hydrogens (tertiary/aromatic N) is 8. The van der Waals surface area contributed by atoms with Crippen molar-refractivity contribution >= 4 is 45.8 Å². The molecule has 4 aliphatic rings. The Bertz CT molecular complexity index is 2250. The molecule has 3 aliphatic heterocycles. The summed E-state index contributed by atoms with van der Waals surface area (Å²) >= 11 is 1.45. The number of hydrogen-bond donors (Lipinski definition) is 2. The predicted octanol–water partition coefficient (Wildman–Crippen LogP) is 4.54. The van der Waals surface area contributed by atoms with Crippen molar-refractivity contribution in [3.8, 4) is 28.6 Å². The summed E-state index contributed by atoms with van der Waals surface area (Å²) in [5.41, 5.74) is 6.85. The number of ether oxygens (including phenoxy) is 1. The van der Waals surface area contributed by atoms with Crippen LogP contribution < -0.4 is 15.6 Å². The average molecular weight is 793 g/mol. The second-order valence-corrected chi connectivity index (χ2v) is 18.6. The summed E-state index contributed by atoms with van der Waals surface area (Å²) in [4.78, 5) is 50.6. The maximum Gasteiger partial charge on any atom is 0.324 e. The highest BCUT2D eigenvalue weighted by Crippen LogP contribution is 2.44. The van der Waals surface area contributed by atoms with Gasteiger partial charge in [0.2, 0.25) is 5.91 Å².